The summed E-state index contributed by atoms with van der Waals surface area (Å²) in [6.07, 6.45) is 1.80. The fourth-order valence-electron chi connectivity index (χ4n) is 1.37. The predicted molar refractivity (Wildman–Crippen MR) is 72.1 cm³/mol. The molecule has 0 saturated carbocycles. The number of rotatable bonds is 5. The highest BCUT2D eigenvalue weighted by Crippen LogP contribution is 2.12. The fraction of sp³-hybridized carbons (Fsp3) is 0.286. The van der Waals surface area contributed by atoms with Gasteiger partial charge in [0.15, 0.2) is 0 Å². The van der Waals surface area contributed by atoms with Crippen LogP contribution in [-0.4, -0.2) is 36.2 Å². The van der Waals surface area contributed by atoms with Gasteiger partial charge in [0.1, 0.15) is 0 Å². The van der Waals surface area contributed by atoms with Gasteiger partial charge in [-0.15, -0.1) is 6.58 Å². The van der Waals surface area contributed by atoms with Crippen molar-refractivity contribution >= 4 is 11.6 Å². The zero-order chi connectivity index (χ0) is 12.5. The van der Waals surface area contributed by atoms with Gasteiger partial charge in [-0.3, -0.25) is 4.90 Å². The van der Waals surface area contributed by atoms with Crippen molar-refractivity contribution < 1.29 is 5.11 Å². The monoisotopic (exact) mass is 249 g/mol. The normalized spacial score (nSPS) is 9.82. The summed E-state index contributed by atoms with van der Waals surface area (Å²) in [7, 11) is 0. The van der Waals surface area contributed by atoms with Crippen molar-refractivity contribution in [2.45, 2.75) is 0 Å². The molecule has 1 N–H and O–H groups in total. The topological polar surface area (TPSA) is 23.5 Å². The van der Waals surface area contributed by atoms with Crippen LogP contribution in [0.4, 0.5) is 0 Å². The van der Waals surface area contributed by atoms with E-state index in [1.165, 1.54) is 0 Å². The highest BCUT2D eigenvalue weighted by Gasteiger charge is 1.98. The van der Waals surface area contributed by atoms with Gasteiger partial charge in [0.05, 0.1) is 18.2 Å². The Kier molecular flexibility index (Phi) is 6.42. The summed E-state index contributed by atoms with van der Waals surface area (Å²) in [5.74, 6) is 6.07. The molecule has 90 valence electrons. The molecule has 0 heterocycles. The lowest BCUT2D eigenvalue weighted by molar-refractivity contribution is 0.222. The van der Waals surface area contributed by atoms with Crippen LogP contribution in [0.25, 0.3) is 0 Å². The molecule has 1 aromatic rings. The summed E-state index contributed by atoms with van der Waals surface area (Å²) in [4.78, 5) is 2.01. The minimum absolute atomic E-state index is 0.127. The van der Waals surface area contributed by atoms with Crippen molar-refractivity contribution in [1.82, 2.24) is 4.90 Å². The highest BCUT2D eigenvalue weighted by atomic mass is 35.5. The summed E-state index contributed by atoms with van der Waals surface area (Å²) >= 11 is 5.99. The van der Waals surface area contributed by atoms with Crippen molar-refractivity contribution in [3.8, 4) is 11.8 Å². The molecule has 1 rings (SSSR count). The lowest BCUT2D eigenvalue weighted by atomic mass is 10.2. The standard InChI is InChI=1S/C14H16ClNO/c1-2-9-16(11-12-17)10-5-7-13-6-3-4-8-14(13)15/h2-4,6,8,17H,1,9-12H2. The Labute approximate surface area is 108 Å². The molecule has 0 bridgehead atoms. The van der Waals surface area contributed by atoms with Crippen LogP contribution < -0.4 is 0 Å². The van der Waals surface area contributed by atoms with Gasteiger partial charge in [-0.05, 0) is 12.1 Å². The molecule has 0 amide bonds. The maximum atomic E-state index is 8.88. The van der Waals surface area contributed by atoms with E-state index in [9.17, 15) is 0 Å². The molecular formula is C14H16ClNO. The fourth-order valence-corrected chi connectivity index (χ4v) is 1.55. The van der Waals surface area contributed by atoms with E-state index in [1.807, 2.05) is 29.2 Å². The summed E-state index contributed by atoms with van der Waals surface area (Å²) in [6, 6.07) is 7.49. The van der Waals surface area contributed by atoms with Crippen LogP contribution in [0.5, 0.6) is 0 Å². The Morgan fingerprint density at radius 3 is 2.82 bits per heavy atom. The van der Waals surface area contributed by atoms with Gasteiger partial charge < -0.3 is 5.11 Å². The first kappa shape index (κ1) is 13.8. The molecule has 0 unspecified atom stereocenters. The molecule has 17 heavy (non-hydrogen) atoms. The molecule has 0 spiro atoms. The number of benzene rings is 1. The van der Waals surface area contributed by atoms with Gasteiger partial charge in [0, 0.05) is 18.7 Å². The van der Waals surface area contributed by atoms with Gasteiger partial charge >= 0.3 is 0 Å². The third-order valence-electron chi connectivity index (χ3n) is 2.20. The number of hydrogen-bond donors (Lipinski definition) is 1. The molecule has 0 radical (unpaired) electrons. The quantitative estimate of drug-likeness (QED) is 0.639. The van der Waals surface area contributed by atoms with E-state index in [0.29, 0.717) is 18.1 Å². The summed E-state index contributed by atoms with van der Waals surface area (Å²) < 4.78 is 0. The molecule has 2 nitrogen and oxygen atoms in total. The average molecular weight is 250 g/mol. The van der Waals surface area contributed by atoms with Gasteiger partial charge in [0.25, 0.3) is 0 Å². The first-order chi connectivity index (χ1) is 8.27. The second-order valence-corrected chi connectivity index (χ2v) is 3.94. The largest absolute Gasteiger partial charge is 0.395 e. The van der Waals surface area contributed by atoms with E-state index in [-0.39, 0.29) is 6.61 Å². The van der Waals surface area contributed by atoms with Crippen LogP contribution in [0.3, 0.4) is 0 Å². The molecule has 0 aliphatic heterocycles. The van der Waals surface area contributed by atoms with Crippen LogP contribution in [-0.2, 0) is 0 Å². The Morgan fingerprint density at radius 1 is 1.41 bits per heavy atom. The van der Waals surface area contributed by atoms with Gasteiger partial charge in [-0.25, -0.2) is 0 Å². The van der Waals surface area contributed by atoms with Gasteiger partial charge in [0.2, 0.25) is 0 Å². The molecule has 3 heteroatoms. The van der Waals surface area contributed by atoms with Gasteiger partial charge in [-0.1, -0.05) is 41.7 Å². The SMILES string of the molecule is C=CCN(CC#Cc1ccccc1Cl)CCO. The maximum absolute atomic E-state index is 8.88. The molecule has 0 fully saturated rings. The van der Waals surface area contributed by atoms with Crippen LogP contribution in [0.15, 0.2) is 36.9 Å². The zero-order valence-electron chi connectivity index (χ0n) is 9.69. The number of halogens is 1. The third-order valence-corrected chi connectivity index (χ3v) is 2.53. The van der Waals surface area contributed by atoms with Crippen molar-refractivity contribution in [3.63, 3.8) is 0 Å². The Hall–Kier alpha value is -1.27. The Balaban J connectivity index is 2.60. The third kappa shape index (κ3) is 5.06. The Bertz CT molecular complexity index is 420. The van der Waals surface area contributed by atoms with Crippen LogP contribution in [0.1, 0.15) is 5.56 Å². The van der Waals surface area contributed by atoms with Crippen molar-refractivity contribution in [1.29, 1.82) is 0 Å². The van der Waals surface area contributed by atoms with E-state index >= 15 is 0 Å². The smallest absolute Gasteiger partial charge is 0.0608 e. The lowest BCUT2D eigenvalue weighted by Gasteiger charge is -2.15. The average Bonchev–Trinajstić information content (AvgIpc) is 2.32. The van der Waals surface area contributed by atoms with E-state index in [1.54, 1.807) is 6.08 Å². The number of aliphatic hydroxyl groups excluding tert-OH is 1. The van der Waals surface area contributed by atoms with E-state index in [4.69, 9.17) is 16.7 Å². The second kappa shape index (κ2) is 7.92. The minimum atomic E-state index is 0.127. The van der Waals surface area contributed by atoms with Crippen molar-refractivity contribution in [2.24, 2.45) is 0 Å². The molecule has 0 aromatic heterocycles. The molecule has 0 aliphatic carbocycles. The van der Waals surface area contributed by atoms with Gasteiger partial charge in [-0.2, -0.15) is 0 Å². The number of hydrogen-bond acceptors (Lipinski definition) is 2. The first-order valence-corrected chi connectivity index (χ1v) is 5.83. The zero-order valence-corrected chi connectivity index (χ0v) is 10.5. The van der Waals surface area contributed by atoms with E-state index < -0.39 is 0 Å². The van der Waals surface area contributed by atoms with Crippen LogP contribution in [0, 0.1) is 11.8 Å². The lowest BCUT2D eigenvalue weighted by Crippen LogP contribution is -2.27. The summed E-state index contributed by atoms with van der Waals surface area (Å²) in [6.45, 7) is 5.71. The second-order valence-electron chi connectivity index (χ2n) is 3.53. The maximum Gasteiger partial charge on any atom is 0.0608 e. The van der Waals surface area contributed by atoms with Crippen LogP contribution in [0.2, 0.25) is 5.02 Å². The highest BCUT2D eigenvalue weighted by molar-refractivity contribution is 6.31. The first-order valence-electron chi connectivity index (χ1n) is 5.45. The molecule has 0 aliphatic rings. The molecule has 1 aromatic carbocycles. The minimum Gasteiger partial charge on any atom is -0.395 e. The van der Waals surface area contributed by atoms with Crippen molar-refractivity contribution in [3.05, 3.63) is 47.5 Å². The summed E-state index contributed by atoms with van der Waals surface area (Å²) in [5.41, 5.74) is 0.830. The number of nitrogens with zero attached hydrogens (tertiary/aromatic N) is 1. The van der Waals surface area contributed by atoms with E-state index in [2.05, 4.69) is 18.4 Å². The van der Waals surface area contributed by atoms with Crippen molar-refractivity contribution in [2.75, 3.05) is 26.2 Å². The summed E-state index contributed by atoms with van der Waals surface area (Å²) in [5, 5.41) is 9.54. The molecular weight excluding hydrogens is 234 g/mol. The predicted octanol–water partition coefficient (Wildman–Crippen LogP) is 2.17. The van der Waals surface area contributed by atoms with E-state index in [0.717, 1.165) is 12.1 Å². The molecule has 0 saturated heterocycles. The van der Waals surface area contributed by atoms with Crippen LogP contribution >= 0.6 is 11.6 Å². The molecule has 0 atom stereocenters. The Morgan fingerprint density at radius 2 is 2.18 bits per heavy atom. The number of aliphatic hydroxyl groups is 1.